The highest BCUT2D eigenvalue weighted by atomic mass is 32.2. The fourth-order valence-corrected chi connectivity index (χ4v) is 5.36. The molecule has 0 saturated carbocycles. The highest BCUT2D eigenvalue weighted by Gasteiger charge is 2.28. The van der Waals surface area contributed by atoms with E-state index < -0.39 is 10.0 Å². The third-order valence-electron chi connectivity index (χ3n) is 4.89. The molecule has 0 bridgehead atoms. The van der Waals surface area contributed by atoms with Crippen molar-refractivity contribution in [2.75, 3.05) is 27.3 Å². The number of carbonyl (C=O) groups is 1. The number of amides is 1. The molecule has 1 aliphatic heterocycles. The molecule has 1 amide bonds. The summed E-state index contributed by atoms with van der Waals surface area (Å²) in [4.78, 5) is 15.8. The lowest BCUT2D eigenvalue weighted by Gasteiger charge is -2.33. The summed E-state index contributed by atoms with van der Waals surface area (Å²) in [6.07, 6.45) is 0.955. The number of carbonyl (C=O) groups excluding carboxylic acids is 1. The number of hydrogen-bond donors (Lipinski definition) is 1. The largest absolute Gasteiger partial charge is 0.493 e. The van der Waals surface area contributed by atoms with Crippen molar-refractivity contribution in [3.8, 4) is 11.5 Å². The second kappa shape index (κ2) is 8.50. The lowest BCUT2D eigenvalue weighted by atomic mass is 10.0. The second-order valence-corrected chi connectivity index (χ2v) is 9.24. The lowest BCUT2D eigenvalue weighted by molar-refractivity contribution is -0.133. The van der Waals surface area contributed by atoms with Crippen molar-refractivity contribution in [3.63, 3.8) is 0 Å². The minimum absolute atomic E-state index is 0.0185. The number of hydrogen-bond acceptors (Lipinski definition) is 6. The van der Waals surface area contributed by atoms with Crippen LogP contribution in [0.15, 0.2) is 34.5 Å². The van der Waals surface area contributed by atoms with Gasteiger partial charge in [0.15, 0.2) is 11.5 Å². The first kappa shape index (κ1) is 20.6. The fourth-order valence-electron chi connectivity index (χ4n) is 3.35. The van der Waals surface area contributed by atoms with Crippen LogP contribution >= 0.6 is 11.3 Å². The topological polar surface area (TPSA) is 84.9 Å². The van der Waals surface area contributed by atoms with Gasteiger partial charge < -0.3 is 14.4 Å². The molecule has 7 nitrogen and oxygen atoms in total. The molecule has 2 aromatic rings. The number of methoxy groups -OCH3 is 2. The van der Waals surface area contributed by atoms with E-state index in [-0.39, 0.29) is 29.8 Å². The molecular weight excluding hydrogens is 400 g/mol. The van der Waals surface area contributed by atoms with Gasteiger partial charge in [-0.3, -0.25) is 4.79 Å². The number of benzene rings is 1. The molecule has 1 aliphatic rings. The summed E-state index contributed by atoms with van der Waals surface area (Å²) in [7, 11) is -0.826. The molecule has 9 heteroatoms. The Bertz CT molecular complexity index is 955. The Hall–Kier alpha value is -2.10. The van der Waals surface area contributed by atoms with Crippen molar-refractivity contribution in [2.24, 2.45) is 0 Å². The van der Waals surface area contributed by atoms with Crippen molar-refractivity contribution in [1.29, 1.82) is 0 Å². The number of sulfonamides is 1. The predicted molar refractivity (Wildman–Crippen MR) is 108 cm³/mol. The molecule has 0 aliphatic carbocycles. The van der Waals surface area contributed by atoms with Crippen LogP contribution in [0.2, 0.25) is 0 Å². The van der Waals surface area contributed by atoms with Crippen LogP contribution in [-0.2, 0) is 21.2 Å². The number of thiophene rings is 1. The molecule has 0 saturated heterocycles. The molecule has 28 heavy (non-hydrogen) atoms. The third-order valence-corrected chi connectivity index (χ3v) is 7.35. The molecule has 1 N–H and O–H groups in total. The van der Waals surface area contributed by atoms with Crippen molar-refractivity contribution in [3.05, 3.63) is 40.1 Å². The van der Waals surface area contributed by atoms with Crippen LogP contribution < -0.4 is 14.2 Å². The number of nitrogens with zero attached hydrogens (tertiary/aromatic N) is 1. The van der Waals surface area contributed by atoms with E-state index in [2.05, 4.69) is 10.8 Å². The summed E-state index contributed by atoms with van der Waals surface area (Å²) in [5.74, 6) is 0.720. The number of fused-ring (bicyclic) bond motifs is 1. The van der Waals surface area contributed by atoms with E-state index in [4.69, 9.17) is 9.47 Å². The lowest BCUT2D eigenvalue weighted by Crippen LogP contribution is -2.39. The Morgan fingerprint density at radius 1 is 1.25 bits per heavy atom. The van der Waals surface area contributed by atoms with Gasteiger partial charge in [-0.25, -0.2) is 13.1 Å². The minimum Gasteiger partial charge on any atom is -0.493 e. The highest BCUT2D eigenvalue weighted by Crippen LogP contribution is 2.33. The highest BCUT2D eigenvalue weighted by molar-refractivity contribution is 7.89. The first-order valence-electron chi connectivity index (χ1n) is 8.95. The van der Waals surface area contributed by atoms with E-state index in [0.29, 0.717) is 18.0 Å². The Morgan fingerprint density at radius 3 is 2.71 bits per heavy atom. The third kappa shape index (κ3) is 4.16. The van der Waals surface area contributed by atoms with Crippen LogP contribution in [0.5, 0.6) is 11.5 Å². The molecule has 0 spiro atoms. The Kier molecular flexibility index (Phi) is 6.26. The van der Waals surface area contributed by atoms with Gasteiger partial charge in [-0.1, -0.05) is 0 Å². The average molecular weight is 425 g/mol. The molecule has 1 aromatic heterocycles. The maximum absolute atomic E-state index is 12.6. The summed E-state index contributed by atoms with van der Waals surface area (Å²) in [5.41, 5.74) is 1.19. The fraction of sp³-hybridized carbons (Fsp3) is 0.421. The van der Waals surface area contributed by atoms with E-state index in [9.17, 15) is 13.2 Å². The van der Waals surface area contributed by atoms with Gasteiger partial charge in [-0.2, -0.15) is 0 Å². The summed E-state index contributed by atoms with van der Waals surface area (Å²) >= 11 is 1.72. The van der Waals surface area contributed by atoms with Gasteiger partial charge in [0.2, 0.25) is 15.9 Å². The van der Waals surface area contributed by atoms with Crippen molar-refractivity contribution < 1.29 is 22.7 Å². The van der Waals surface area contributed by atoms with Gasteiger partial charge in [0.05, 0.1) is 25.2 Å². The molecule has 152 valence electrons. The maximum Gasteiger partial charge on any atom is 0.240 e. The normalized spacial score (nSPS) is 16.5. The van der Waals surface area contributed by atoms with Crippen LogP contribution in [0, 0.1) is 0 Å². The van der Waals surface area contributed by atoms with Crippen molar-refractivity contribution in [2.45, 2.75) is 30.7 Å². The van der Waals surface area contributed by atoms with Gasteiger partial charge in [0.25, 0.3) is 0 Å². The standard InChI is InChI=1S/C19H24N2O5S2/c1-13-15-8-11-27-18(15)7-10-21(13)19(22)6-9-20-28(23,24)14-4-5-16(25-2)17(12-14)26-3/h4-5,8,11-13,20H,6-7,9-10H2,1-3H3. The zero-order valence-electron chi connectivity index (χ0n) is 16.1. The molecule has 2 heterocycles. The monoisotopic (exact) mass is 424 g/mol. The summed E-state index contributed by atoms with van der Waals surface area (Å²) in [5, 5.41) is 2.05. The molecular formula is C19H24N2O5S2. The predicted octanol–water partition coefficient (Wildman–Crippen LogP) is 2.58. The van der Waals surface area contributed by atoms with Crippen molar-refractivity contribution >= 4 is 27.3 Å². The Labute approximate surface area is 169 Å². The first-order chi connectivity index (χ1) is 13.4. The molecule has 0 fully saturated rings. The quantitative estimate of drug-likeness (QED) is 0.738. The van der Waals surface area contributed by atoms with Crippen molar-refractivity contribution in [1.82, 2.24) is 9.62 Å². The molecule has 1 atom stereocenters. The Morgan fingerprint density at radius 2 is 2.00 bits per heavy atom. The molecule has 1 unspecified atom stereocenters. The zero-order valence-corrected chi connectivity index (χ0v) is 17.7. The van der Waals surface area contributed by atoms with Crippen LogP contribution in [0.1, 0.15) is 29.8 Å². The Balaban J connectivity index is 1.60. The summed E-state index contributed by atoms with van der Waals surface area (Å²) < 4.78 is 37.8. The number of nitrogens with one attached hydrogen (secondary N) is 1. The van der Waals surface area contributed by atoms with E-state index in [1.807, 2.05) is 17.2 Å². The van der Waals surface area contributed by atoms with Gasteiger partial charge in [-0.05, 0) is 42.5 Å². The van der Waals surface area contributed by atoms with Crippen LogP contribution in [0.4, 0.5) is 0 Å². The van der Waals surface area contributed by atoms with E-state index in [1.165, 1.54) is 42.9 Å². The average Bonchev–Trinajstić information content (AvgIpc) is 3.17. The molecule has 0 radical (unpaired) electrons. The molecule has 3 rings (SSSR count). The van der Waals surface area contributed by atoms with Crippen LogP contribution in [0.25, 0.3) is 0 Å². The summed E-state index contributed by atoms with van der Waals surface area (Å²) in [6.45, 7) is 2.71. The minimum atomic E-state index is -3.75. The zero-order chi connectivity index (χ0) is 20.3. The van der Waals surface area contributed by atoms with Gasteiger partial charge in [0, 0.05) is 30.5 Å². The van der Waals surface area contributed by atoms with E-state index in [0.717, 1.165) is 6.42 Å². The SMILES string of the molecule is COc1ccc(S(=O)(=O)NCCC(=O)N2CCc3sccc3C2C)cc1OC. The van der Waals surface area contributed by atoms with Crippen LogP contribution in [-0.4, -0.2) is 46.5 Å². The van der Waals surface area contributed by atoms with E-state index in [1.54, 1.807) is 11.3 Å². The van der Waals surface area contributed by atoms with Crippen LogP contribution in [0.3, 0.4) is 0 Å². The number of rotatable bonds is 7. The van der Waals surface area contributed by atoms with Gasteiger partial charge in [-0.15, -0.1) is 11.3 Å². The van der Waals surface area contributed by atoms with Gasteiger partial charge >= 0.3 is 0 Å². The number of ether oxygens (including phenoxy) is 2. The van der Waals surface area contributed by atoms with Gasteiger partial charge in [0.1, 0.15) is 0 Å². The first-order valence-corrected chi connectivity index (χ1v) is 11.3. The van der Waals surface area contributed by atoms with E-state index >= 15 is 0 Å². The second-order valence-electron chi connectivity index (χ2n) is 6.48. The smallest absolute Gasteiger partial charge is 0.240 e. The molecule has 1 aromatic carbocycles. The maximum atomic E-state index is 12.6. The summed E-state index contributed by atoms with van der Waals surface area (Å²) in [6, 6.07) is 6.45.